The van der Waals surface area contributed by atoms with Crippen LogP contribution in [0.2, 0.25) is 0 Å². The van der Waals surface area contributed by atoms with E-state index in [1.54, 1.807) is 18.2 Å². The minimum atomic E-state index is -5.13. The molecule has 1 N–H and O–H groups in total. The summed E-state index contributed by atoms with van der Waals surface area (Å²) in [6.45, 7) is 1.99. The second-order valence-corrected chi connectivity index (χ2v) is 12.3. The molecule has 0 saturated carbocycles. The first-order valence-electron chi connectivity index (χ1n) is 12.6. The third kappa shape index (κ3) is 5.95. The van der Waals surface area contributed by atoms with Gasteiger partial charge in [-0.15, -0.1) is 0 Å². The molecule has 2 aliphatic rings. The number of rotatable bonds is 6. The summed E-state index contributed by atoms with van der Waals surface area (Å²) in [5, 5.41) is 10.6. The highest BCUT2D eigenvalue weighted by Crippen LogP contribution is 2.41. The van der Waals surface area contributed by atoms with Crippen molar-refractivity contribution in [3.63, 3.8) is 0 Å². The predicted molar refractivity (Wildman–Crippen MR) is 135 cm³/mol. The van der Waals surface area contributed by atoms with E-state index in [0.717, 1.165) is 55.1 Å². The molecule has 2 aromatic rings. The van der Waals surface area contributed by atoms with Gasteiger partial charge >= 0.3 is 6.18 Å². The maximum absolute atomic E-state index is 13.9. The zero-order chi connectivity index (χ0) is 26.8. The summed E-state index contributed by atoms with van der Waals surface area (Å²) < 4.78 is 65.4. The van der Waals surface area contributed by atoms with Crippen molar-refractivity contribution < 1.29 is 31.5 Å². The minimum absolute atomic E-state index is 0.186. The molecule has 2 fully saturated rings. The number of carbonyl (C=O) groups is 1. The van der Waals surface area contributed by atoms with Crippen LogP contribution in [0.25, 0.3) is 0 Å². The molecule has 1 atom stereocenters. The zero-order valence-electron chi connectivity index (χ0n) is 20.8. The van der Waals surface area contributed by atoms with Crippen molar-refractivity contribution in [1.82, 2.24) is 4.90 Å². The van der Waals surface area contributed by atoms with E-state index in [1.807, 2.05) is 6.07 Å². The van der Waals surface area contributed by atoms with Crippen molar-refractivity contribution in [2.45, 2.75) is 48.8 Å². The number of piperidine rings is 2. The number of anilines is 1. The first kappa shape index (κ1) is 27.4. The molecule has 10 heteroatoms. The Morgan fingerprint density at radius 3 is 2.03 bits per heavy atom. The summed E-state index contributed by atoms with van der Waals surface area (Å²) in [7, 11) is -3.27. The third-order valence-corrected chi connectivity index (χ3v) is 8.82. The molecular weight excluding hydrogens is 505 g/mol. The van der Waals surface area contributed by atoms with Crippen LogP contribution < -0.4 is 4.90 Å². The molecule has 0 aliphatic carbocycles. The summed E-state index contributed by atoms with van der Waals surface area (Å²) in [6, 6.07) is 13.5. The number of amides is 1. The fourth-order valence-electron chi connectivity index (χ4n) is 5.50. The number of sulfone groups is 1. The fourth-order valence-corrected chi connectivity index (χ4v) is 6.16. The number of aliphatic hydroxyl groups is 1. The number of benzene rings is 2. The van der Waals surface area contributed by atoms with E-state index in [1.165, 1.54) is 24.5 Å². The largest absolute Gasteiger partial charge is 0.430 e. The predicted octanol–water partition coefficient (Wildman–Crippen LogP) is 4.39. The molecule has 6 nitrogen and oxygen atoms in total. The maximum Gasteiger partial charge on any atom is 0.430 e. The van der Waals surface area contributed by atoms with E-state index in [-0.39, 0.29) is 13.1 Å². The maximum atomic E-state index is 13.9. The van der Waals surface area contributed by atoms with E-state index < -0.39 is 33.1 Å². The lowest BCUT2D eigenvalue weighted by Crippen LogP contribution is -2.57. The Morgan fingerprint density at radius 1 is 0.919 bits per heavy atom. The molecule has 0 aromatic heterocycles. The van der Waals surface area contributed by atoms with Crippen LogP contribution in [0.1, 0.15) is 37.7 Å². The standard InChI is InChI=1S/C27H33F3N2O4S/c1-37(35,36)24-9-5-8-23(19-24)31-14-10-20(11-15-31)18-21-12-16-32(17-13-21)25(33)26(34,27(28,29)30)22-6-3-2-4-7-22/h2-9,19-21,34H,10-18H2,1H3/t26-/m1/s1. The minimum Gasteiger partial charge on any atom is -0.371 e. The fraction of sp³-hybridized carbons (Fsp3) is 0.519. The second-order valence-electron chi connectivity index (χ2n) is 10.2. The van der Waals surface area contributed by atoms with Crippen LogP contribution in [0.4, 0.5) is 18.9 Å². The zero-order valence-corrected chi connectivity index (χ0v) is 21.6. The van der Waals surface area contributed by atoms with Crippen LogP contribution in [0, 0.1) is 11.8 Å². The summed E-state index contributed by atoms with van der Waals surface area (Å²) in [5.41, 5.74) is -3.13. The highest BCUT2D eigenvalue weighted by molar-refractivity contribution is 7.90. The van der Waals surface area contributed by atoms with Gasteiger partial charge in [0.1, 0.15) is 0 Å². The number of hydrogen-bond donors (Lipinski definition) is 1. The lowest BCUT2D eigenvalue weighted by Gasteiger charge is -2.40. The van der Waals surface area contributed by atoms with Gasteiger partial charge in [-0.3, -0.25) is 4.79 Å². The van der Waals surface area contributed by atoms with Crippen LogP contribution in [-0.2, 0) is 20.2 Å². The molecule has 0 unspecified atom stereocenters. The van der Waals surface area contributed by atoms with Gasteiger partial charge in [-0.25, -0.2) is 8.42 Å². The normalized spacial score (nSPS) is 20.0. The van der Waals surface area contributed by atoms with Gasteiger partial charge < -0.3 is 14.9 Å². The molecule has 37 heavy (non-hydrogen) atoms. The first-order chi connectivity index (χ1) is 17.4. The van der Waals surface area contributed by atoms with E-state index in [0.29, 0.717) is 29.6 Å². The van der Waals surface area contributed by atoms with Crippen molar-refractivity contribution >= 4 is 21.4 Å². The smallest absolute Gasteiger partial charge is 0.371 e. The molecule has 0 spiro atoms. The van der Waals surface area contributed by atoms with E-state index >= 15 is 0 Å². The van der Waals surface area contributed by atoms with E-state index in [9.17, 15) is 31.5 Å². The average molecular weight is 539 g/mol. The van der Waals surface area contributed by atoms with Crippen molar-refractivity contribution in [2.24, 2.45) is 11.8 Å². The van der Waals surface area contributed by atoms with Gasteiger partial charge in [-0.2, -0.15) is 13.2 Å². The Hall–Kier alpha value is -2.59. The molecule has 4 rings (SSSR count). The molecule has 2 aromatic carbocycles. The highest BCUT2D eigenvalue weighted by Gasteiger charge is 2.62. The van der Waals surface area contributed by atoms with Gasteiger partial charge in [0.15, 0.2) is 9.84 Å². The molecule has 2 saturated heterocycles. The van der Waals surface area contributed by atoms with E-state index in [4.69, 9.17) is 0 Å². The Balaban J connectivity index is 1.31. The second kappa shape index (κ2) is 10.6. The van der Waals surface area contributed by atoms with Gasteiger partial charge in [-0.1, -0.05) is 36.4 Å². The summed E-state index contributed by atoms with van der Waals surface area (Å²) >= 11 is 0. The Labute approximate surface area is 216 Å². The summed E-state index contributed by atoms with van der Waals surface area (Å²) in [6.07, 6.45) is 0.116. The quantitative estimate of drug-likeness (QED) is 0.591. The number of nitrogens with zero attached hydrogens (tertiary/aromatic N) is 2. The van der Waals surface area contributed by atoms with Crippen molar-refractivity contribution in [3.8, 4) is 0 Å². The van der Waals surface area contributed by atoms with Gasteiger partial charge in [-0.05, 0) is 62.1 Å². The number of carbonyl (C=O) groups excluding carboxylic acids is 1. The SMILES string of the molecule is CS(=O)(=O)c1cccc(N2CCC(CC3CCN(C(=O)[C@](O)(c4ccccc4)C(F)(F)F)CC3)CC2)c1. The molecule has 2 heterocycles. The van der Waals surface area contributed by atoms with Crippen LogP contribution in [0.3, 0.4) is 0 Å². The molecule has 2 aliphatic heterocycles. The first-order valence-corrected chi connectivity index (χ1v) is 14.5. The lowest BCUT2D eigenvalue weighted by molar-refractivity contribution is -0.262. The van der Waals surface area contributed by atoms with E-state index in [2.05, 4.69) is 4.90 Å². The van der Waals surface area contributed by atoms with Crippen LogP contribution in [-0.4, -0.2) is 62.9 Å². The molecule has 0 bridgehead atoms. The van der Waals surface area contributed by atoms with Gasteiger partial charge in [0.2, 0.25) is 0 Å². The monoisotopic (exact) mass is 538 g/mol. The van der Waals surface area contributed by atoms with Gasteiger partial charge in [0.25, 0.3) is 11.5 Å². The number of likely N-dealkylation sites (tertiary alicyclic amines) is 1. The molecule has 1 amide bonds. The van der Waals surface area contributed by atoms with Crippen molar-refractivity contribution in [1.29, 1.82) is 0 Å². The van der Waals surface area contributed by atoms with Crippen molar-refractivity contribution in [3.05, 3.63) is 60.2 Å². The number of hydrogen-bond acceptors (Lipinski definition) is 5. The molecular formula is C27H33F3N2O4S. The van der Waals surface area contributed by atoms with Crippen LogP contribution in [0.15, 0.2) is 59.5 Å². The van der Waals surface area contributed by atoms with Crippen molar-refractivity contribution in [2.75, 3.05) is 37.3 Å². The summed E-state index contributed by atoms with van der Waals surface area (Å²) in [4.78, 5) is 16.6. The summed E-state index contributed by atoms with van der Waals surface area (Å²) in [5.74, 6) is -0.530. The topological polar surface area (TPSA) is 77.9 Å². The van der Waals surface area contributed by atoms with Gasteiger partial charge in [0, 0.05) is 43.7 Å². The lowest BCUT2D eigenvalue weighted by atomic mass is 9.82. The van der Waals surface area contributed by atoms with Gasteiger partial charge in [0.05, 0.1) is 4.90 Å². The Kier molecular flexibility index (Phi) is 7.90. The Morgan fingerprint density at radius 2 is 1.49 bits per heavy atom. The third-order valence-electron chi connectivity index (χ3n) is 7.71. The van der Waals surface area contributed by atoms with Crippen LogP contribution in [0.5, 0.6) is 0 Å². The van der Waals surface area contributed by atoms with Crippen LogP contribution >= 0.6 is 0 Å². The number of halogens is 3. The average Bonchev–Trinajstić information content (AvgIpc) is 2.88. The number of alkyl halides is 3. The molecule has 0 radical (unpaired) electrons. The Bertz CT molecular complexity index is 1190. The molecule has 202 valence electrons. The highest BCUT2D eigenvalue weighted by atomic mass is 32.2.